The van der Waals surface area contributed by atoms with E-state index in [1.165, 1.54) is 4.88 Å². The summed E-state index contributed by atoms with van der Waals surface area (Å²) in [7, 11) is 0. The number of piperidine rings is 1. The number of hydrogen-bond acceptors (Lipinski definition) is 8. The van der Waals surface area contributed by atoms with Crippen LogP contribution in [-0.2, 0) is 6.42 Å². The molecule has 0 N–H and O–H groups in total. The largest absolute Gasteiger partial charge is 0.353 e. The highest BCUT2D eigenvalue weighted by Gasteiger charge is 2.31. The summed E-state index contributed by atoms with van der Waals surface area (Å²) in [6.45, 7) is 8.91. The van der Waals surface area contributed by atoms with Crippen molar-refractivity contribution < 1.29 is 9.59 Å². The Kier molecular flexibility index (Phi) is 8.59. The number of urea groups is 1. The summed E-state index contributed by atoms with van der Waals surface area (Å²) in [6.07, 6.45) is 4.68. The number of amides is 3. The smallest absolute Gasteiger partial charge is 0.320 e. The average Bonchev–Trinajstić information content (AvgIpc) is 3.73. The molecule has 6 rings (SSSR count). The van der Waals surface area contributed by atoms with Crippen LogP contribution in [0, 0.1) is 0 Å². The number of pyridine rings is 1. The predicted molar refractivity (Wildman–Crippen MR) is 159 cm³/mol. The quantitative estimate of drug-likeness (QED) is 0.443. The molecule has 3 fully saturated rings. The standard InChI is InChI=1S/C29H37N7O2S2/c37-28(34-15-13-32(14-16-34)10-8-24-4-3-21-39-24)25-22-40-27(31-25)23-6-11-35(12-7-23)29(38)36-19-17-33(18-20-36)26-5-1-2-9-30-26/h1-5,9,21-23H,6-8,10-20H2. The van der Waals surface area contributed by atoms with Crippen LogP contribution in [0.3, 0.4) is 0 Å². The molecule has 3 aromatic heterocycles. The lowest BCUT2D eigenvalue weighted by molar-refractivity contribution is 0.0633. The Hall–Kier alpha value is -3.02. The van der Waals surface area contributed by atoms with E-state index in [4.69, 9.17) is 4.98 Å². The van der Waals surface area contributed by atoms with Crippen molar-refractivity contribution in [3.05, 3.63) is 62.9 Å². The molecule has 3 amide bonds. The first-order valence-electron chi connectivity index (χ1n) is 14.3. The van der Waals surface area contributed by atoms with Gasteiger partial charge in [0, 0.05) is 94.4 Å². The van der Waals surface area contributed by atoms with Crippen LogP contribution in [0.5, 0.6) is 0 Å². The zero-order valence-corrected chi connectivity index (χ0v) is 24.5. The minimum Gasteiger partial charge on any atom is -0.353 e. The van der Waals surface area contributed by atoms with Gasteiger partial charge in [-0.2, -0.15) is 0 Å². The first-order chi connectivity index (χ1) is 19.6. The van der Waals surface area contributed by atoms with Crippen molar-refractivity contribution in [3.8, 4) is 0 Å². The maximum absolute atomic E-state index is 13.2. The number of anilines is 1. The predicted octanol–water partition coefficient (Wildman–Crippen LogP) is 3.72. The third-order valence-corrected chi connectivity index (χ3v) is 10.2. The highest BCUT2D eigenvalue weighted by atomic mass is 32.1. The lowest BCUT2D eigenvalue weighted by atomic mass is 9.98. The van der Waals surface area contributed by atoms with E-state index in [1.807, 2.05) is 55.8 Å². The number of carbonyl (C=O) groups excluding carboxylic acids is 2. The lowest BCUT2D eigenvalue weighted by Gasteiger charge is -2.39. The number of carbonyl (C=O) groups is 2. The third-order valence-electron chi connectivity index (χ3n) is 8.29. The van der Waals surface area contributed by atoms with Gasteiger partial charge in [-0.05, 0) is 42.8 Å². The molecule has 3 aliphatic heterocycles. The molecular weight excluding hydrogens is 543 g/mol. The maximum atomic E-state index is 13.2. The Morgan fingerprint density at radius 3 is 2.27 bits per heavy atom. The van der Waals surface area contributed by atoms with Crippen molar-refractivity contribution in [3.63, 3.8) is 0 Å². The van der Waals surface area contributed by atoms with Crippen LogP contribution in [0.4, 0.5) is 10.6 Å². The van der Waals surface area contributed by atoms with Gasteiger partial charge in [0.15, 0.2) is 0 Å². The Morgan fingerprint density at radius 2 is 1.57 bits per heavy atom. The summed E-state index contributed by atoms with van der Waals surface area (Å²) in [4.78, 5) is 47.6. The highest BCUT2D eigenvalue weighted by Crippen LogP contribution is 2.31. The summed E-state index contributed by atoms with van der Waals surface area (Å²) in [5.41, 5.74) is 0.580. The van der Waals surface area contributed by atoms with Gasteiger partial charge >= 0.3 is 6.03 Å². The Bertz CT molecular complexity index is 1240. The van der Waals surface area contributed by atoms with E-state index in [0.29, 0.717) is 11.6 Å². The summed E-state index contributed by atoms with van der Waals surface area (Å²) >= 11 is 3.41. The zero-order chi connectivity index (χ0) is 27.3. The monoisotopic (exact) mass is 579 g/mol. The van der Waals surface area contributed by atoms with Crippen LogP contribution in [0.15, 0.2) is 47.3 Å². The zero-order valence-electron chi connectivity index (χ0n) is 22.9. The molecule has 0 bridgehead atoms. The molecule has 0 saturated carbocycles. The van der Waals surface area contributed by atoms with Crippen LogP contribution >= 0.6 is 22.7 Å². The number of thiophene rings is 1. The van der Waals surface area contributed by atoms with Crippen LogP contribution in [0.25, 0.3) is 0 Å². The Morgan fingerprint density at radius 1 is 0.825 bits per heavy atom. The normalized spacial score (nSPS) is 19.3. The number of nitrogens with zero attached hydrogens (tertiary/aromatic N) is 7. The summed E-state index contributed by atoms with van der Waals surface area (Å²) < 4.78 is 0. The molecule has 0 aliphatic carbocycles. The van der Waals surface area contributed by atoms with Crippen LogP contribution in [0.1, 0.15) is 39.1 Å². The van der Waals surface area contributed by atoms with E-state index in [0.717, 1.165) is 102 Å². The van der Waals surface area contributed by atoms with E-state index < -0.39 is 0 Å². The average molecular weight is 580 g/mol. The van der Waals surface area contributed by atoms with E-state index in [-0.39, 0.29) is 11.9 Å². The number of likely N-dealkylation sites (tertiary alicyclic amines) is 1. The fourth-order valence-electron chi connectivity index (χ4n) is 5.82. The fraction of sp³-hybridized carbons (Fsp3) is 0.517. The number of hydrogen-bond donors (Lipinski definition) is 0. The van der Waals surface area contributed by atoms with Gasteiger partial charge in [0.25, 0.3) is 5.91 Å². The molecule has 0 unspecified atom stereocenters. The maximum Gasteiger partial charge on any atom is 0.320 e. The van der Waals surface area contributed by atoms with Crippen molar-refractivity contribution >= 4 is 40.4 Å². The van der Waals surface area contributed by atoms with Crippen LogP contribution in [-0.4, -0.2) is 113 Å². The second-order valence-electron chi connectivity index (χ2n) is 10.7. The highest BCUT2D eigenvalue weighted by molar-refractivity contribution is 7.10. The van der Waals surface area contributed by atoms with Crippen molar-refractivity contribution in [1.29, 1.82) is 0 Å². The SMILES string of the molecule is O=C(c1csc(C2CCN(C(=O)N3CCN(c4ccccn4)CC3)CC2)n1)N1CCN(CCc2cccs2)CC1. The second-order valence-corrected chi connectivity index (χ2v) is 12.7. The fourth-order valence-corrected chi connectivity index (χ4v) is 7.48. The third kappa shape index (κ3) is 6.31. The van der Waals surface area contributed by atoms with Gasteiger partial charge in [0.1, 0.15) is 11.5 Å². The van der Waals surface area contributed by atoms with E-state index in [9.17, 15) is 9.59 Å². The van der Waals surface area contributed by atoms with Gasteiger partial charge in [-0.25, -0.2) is 14.8 Å². The Labute approximate surface area is 244 Å². The molecule has 212 valence electrons. The van der Waals surface area contributed by atoms with Gasteiger partial charge in [0.05, 0.1) is 5.01 Å². The molecule has 6 heterocycles. The van der Waals surface area contributed by atoms with Gasteiger partial charge in [-0.3, -0.25) is 9.69 Å². The van der Waals surface area contributed by atoms with Crippen molar-refractivity contribution in [2.75, 3.05) is 76.9 Å². The van der Waals surface area contributed by atoms with Crippen LogP contribution < -0.4 is 4.90 Å². The molecule has 0 atom stereocenters. The second kappa shape index (κ2) is 12.7. The molecule has 0 spiro atoms. The van der Waals surface area contributed by atoms with E-state index in [1.54, 1.807) is 11.3 Å². The topological polar surface area (TPSA) is 76.1 Å². The van der Waals surface area contributed by atoms with Crippen molar-refractivity contribution in [2.24, 2.45) is 0 Å². The first-order valence-corrected chi connectivity index (χ1v) is 16.1. The van der Waals surface area contributed by atoms with Crippen molar-refractivity contribution in [2.45, 2.75) is 25.2 Å². The molecule has 3 saturated heterocycles. The molecule has 3 aliphatic rings. The number of piperazine rings is 2. The van der Waals surface area contributed by atoms with Crippen molar-refractivity contribution in [1.82, 2.24) is 29.6 Å². The van der Waals surface area contributed by atoms with Gasteiger partial charge in [0.2, 0.25) is 0 Å². The minimum atomic E-state index is 0.0536. The van der Waals surface area contributed by atoms with Gasteiger partial charge in [-0.1, -0.05) is 12.1 Å². The van der Waals surface area contributed by atoms with E-state index in [2.05, 4.69) is 32.3 Å². The molecule has 3 aromatic rings. The van der Waals surface area contributed by atoms with Gasteiger partial charge < -0.3 is 19.6 Å². The number of rotatable bonds is 6. The molecule has 0 radical (unpaired) electrons. The summed E-state index contributed by atoms with van der Waals surface area (Å²) in [5, 5.41) is 5.10. The van der Waals surface area contributed by atoms with Gasteiger partial charge in [-0.15, -0.1) is 22.7 Å². The number of thiazole rings is 1. The Balaban J connectivity index is 0.939. The number of aromatic nitrogens is 2. The summed E-state index contributed by atoms with van der Waals surface area (Å²) in [6, 6.07) is 10.4. The molecule has 11 heteroatoms. The minimum absolute atomic E-state index is 0.0536. The molecule has 9 nitrogen and oxygen atoms in total. The van der Waals surface area contributed by atoms with E-state index >= 15 is 0 Å². The lowest BCUT2D eigenvalue weighted by Crippen LogP contribution is -2.54. The summed E-state index contributed by atoms with van der Waals surface area (Å²) in [5.74, 6) is 1.34. The first kappa shape index (κ1) is 27.2. The molecular formula is C29H37N7O2S2. The molecule has 40 heavy (non-hydrogen) atoms. The van der Waals surface area contributed by atoms with Crippen LogP contribution in [0.2, 0.25) is 0 Å². The molecule has 0 aromatic carbocycles.